The van der Waals surface area contributed by atoms with Crippen molar-refractivity contribution in [2.45, 2.75) is 18.7 Å². The molecule has 2 aromatic carbocycles. The van der Waals surface area contributed by atoms with Crippen molar-refractivity contribution in [2.75, 3.05) is 24.2 Å². The molecule has 1 N–H and O–H groups in total. The molecule has 0 bridgehead atoms. The van der Waals surface area contributed by atoms with Crippen molar-refractivity contribution < 1.29 is 18.0 Å². The van der Waals surface area contributed by atoms with Crippen LogP contribution in [0.3, 0.4) is 0 Å². The van der Waals surface area contributed by atoms with Crippen molar-refractivity contribution in [2.24, 2.45) is 0 Å². The highest BCUT2D eigenvalue weighted by Gasteiger charge is 2.19. The number of hydrogen-bond donors (Lipinski definition) is 1. The SMILES string of the molecule is CCN(CC)C(=O)c1ccc(NC(=O)CS(=O)(=O)c2ccccc2)cc1. The Hall–Kier alpha value is -2.67. The normalized spacial score (nSPS) is 11.0. The molecular formula is C19H22N2O4S. The summed E-state index contributed by atoms with van der Waals surface area (Å²) in [6, 6.07) is 14.2. The molecule has 0 atom stereocenters. The Morgan fingerprint density at radius 2 is 1.50 bits per heavy atom. The molecule has 0 saturated carbocycles. The number of amides is 2. The molecule has 2 amide bonds. The predicted octanol–water partition coefficient (Wildman–Crippen LogP) is 2.58. The van der Waals surface area contributed by atoms with Gasteiger partial charge in [-0.1, -0.05) is 18.2 Å². The minimum absolute atomic E-state index is 0.0838. The van der Waals surface area contributed by atoms with Crippen LogP contribution in [0, 0.1) is 0 Å². The smallest absolute Gasteiger partial charge is 0.253 e. The molecule has 26 heavy (non-hydrogen) atoms. The largest absolute Gasteiger partial charge is 0.339 e. The molecule has 0 radical (unpaired) electrons. The van der Waals surface area contributed by atoms with Crippen molar-refractivity contribution in [1.29, 1.82) is 0 Å². The minimum atomic E-state index is -3.69. The van der Waals surface area contributed by atoms with Crippen LogP contribution in [0.2, 0.25) is 0 Å². The van der Waals surface area contributed by atoms with E-state index >= 15 is 0 Å². The molecule has 0 heterocycles. The Kier molecular flexibility index (Phi) is 6.52. The van der Waals surface area contributed by atoms with E-state index in [0.29, 0.717) is 24.3 Å². The molecule has 0 aliphatic rings. The standard InChI is InChI=1S/C19H22N2O4S/c1-3-21(4-2)19(23)15-10-12-16(13-11-15)20-18(22)14-26(24,25)17-8-6-5-7-9-17/h5-13H,3-4,14H2,1-2H3,(H,20,22). The quantitative estimate of drug-likeness (QED) is 0.807. The van der Waals surface area contributed by atoms with Crippen LogP contribution in [0.15, 0.2) is 59.5 Å². The van der Waals surface area contributed by atoms with E-state index in [0.717, 1.165) is 0 Å². The van der Waals surface area contributed by atoms with Gasteiger partial charge in [-0.25, -0.2) is 8.42 Å². The summed E-state index contributed by atoms with van der Waals surface area (Å²) in [5.41, 5.74) is 0.956. The van der Waals surface area contributed by atoms with Crippen LogP contribution in [0.25, 0.3) is 0 Å². The third-order valence-electron chi connectivity index (χ3n) is 3.89. The van der Waals surface area contributed by atoms with Crippen LogP contribution in [0.5, 0.6) is 0 Å². The molecular weight excluding hydrogens is 352 g/mol. The van der Waals surface area contributed by atoms with Crippen LogP contribution >= 0.6 is 0 Å². The monoisotopic (exact) mass is 374 g/mol. The van der Waals surface area contributed by atoms with Crippen molar-refractivity contribution in [3.05, 3.63) is 60.2 Å². The average molecular weight is 374 g/mol. The zero-order valence-electron chi connectivity index (χ0n) is 14.8. The highest BCUT2D eigenvalue weighted by Crippen LogP contribution is 2.14. The molecule has 0 aliphatic heterocycles. The second-order valence-corrected chi connectivity index (χ2v) is 7.66. The second-order valence-electron chi connectivity index (χ2n) is 5.68. The zero-order chi connectivity index (χ0) is 19.2. The van der Waals surface area contributed by atoms with Gasteiger partial charge in [0.1, 0.15) is 5.75 Å². The van der Waals surface area contributed by atoms with Gasteiger partial charge in [0.15, 0.2) is 9.84 Å². The van der Waals surface area contributed by atoms with Crippen LogP contribution in [-0.4, -0.2) is 44.0 Å². The Morgan fingerprint density at radius 1 is 0.923 bits per heavy atom. The van der Waals surface area contributed by atoms with Crippen LogP contribution < -0.4 is 5.32 Å². The maximum atomic E-state index is 12.2. The Labute approximate surface area is 153 Å². The number of rotatable bonds is 7. The first kappa shape index (κ1) is 19.7. The summed E-state index contributed by atoms with van der Waals surface area (Å²) >= 11 is 0. The number of nitrogens with one attached hydrogen (secondary N) is 1. The van der Waals surface area contributed by atoms with E-state index in [9.17, 15) is 18.0 Å². The lowest BCUT2D eigenvalue weighted by molar-refractivity contribution is -0.113. The van der Waals surface area contributed by atoms with Gasteiger partial charge in [-0.05, 0) is 50.2 Å². The number of carbonyl (C=O) groups is 2. The summed E-state index contributed by atoms with van der Waals surface area (Å²) in [5, 5.41) is 2.55. The maximum Gasteiger partial charge on any atom is 0.253 e. The number of hydrogen-bond acceptors (Lipinski definition) is 4. The molecule has 0 unspecified atom stereocenters. The summed E-state index contributed by atoms with van der Waals surface area (Å²) in [6.45, 7) is 5.04. The Morgan fingerprint density at radius 3 is 2.04 bits per heavy atom. The number of carbonyl (C=O) groups excluding carboxylic acids is 2. The van der Waals surface area contributed by atoms with E-state index in [1.54, 1.807) is 47.4 Å². The molecule has 7 heteroatoms. The number of benzene rings is 2. The van der Waals surface area contributed by atoms with Gasteiger partial charge >= 0.3 is 0 Å². The van der Waals surface area contributed by atoms with Crippen LogP contribution in [0.4, 0.5) is 5.69 Å². The lowest BCUT2D eigenvalue weighted by Crippen LogP contribution is -2.30. The fourth-order valence-electron chi connectivity index (χ4n) is 2.47. The van der Waals surface area contributed by atoms with Crippen LogP contribution in [0.1, 0.15) is 24.2 Å². The lowest BCUT2D eigenvalue weighted by atomic mass is 10.2. The first-order valence-corrected chi connectivity index (χ1v) is 9.99. The van der Waals surface area contributed by atoms with Crippen molar-refractivity contribution >= 4 is 27.3 Å². The van der Waals surface area contributed by atoms with Gasteiger partial charge in [-0.15, -0.1) is 0 Å². The van der Waals surface area contributed by atoms with Gasteiger partial charge in [-0.2, -0.15) is 0 Å². The van der Waals surface area contributed by atoms with Crippen molar-refractivity contribution in [3.8, 4) is 0 Å². The van der Waals surface area contributed by atoms with E-state index in [4.69, 9.17) is 0 Å². The maximum absolute atomic E-state index is 12.2. The number of nitrogens with zero attached hydrogens (tertiary/aromatic N) is 1. The fraction of sp³-hybridized carbons (Fsp3) is 0.263. The van der Waals surface area contributed by atoms with Crippen molar-refractivity contribution in [3.63, 3.8) is 0 Å². The molecule has 0 saturated heterocycles. The first-order valence-electron chi connectivity index (χ1n) is 8.34. The minimum Gasteiger partial charge on any atom is -0.339 e. The molecule has 138 valence electrons. The predicted molar refractivity (Wildman–Crippen MR) is 101 cm³/mol. The third kappa shape index (κ3) is 4.92. The van der Waals surface area contributed by atoms with E-state index in [1.807, 2.05) is 13.8 Å². The lowest BCUT2D eigenvalue weighted by Gasteiger charge is -2.18. The summed E-state index contributed by atoms with van der Waals surface area (Å²) < 4.78 is 24.4. The summed E-state index contributed by atoms with van der Waals surface area (Å²) in [4.78, 5) is 26.1. The third-order valence-corrected chi connectivity index (χ3v) is 5.52. The van der Waals surface area contributed by atoms with Gasteiger partial charge < -0.3 is 10.2 Å². The topological polar surface area (TPSA) is 83.6 Å². The average Bonchev–Trinajstić information content (AvgIpc) is 2.63. The van der Waals surface area contributed by atoms with E-state index < -0.39 is 21.5 Å². The van der Waals surface area contributed by atoms with Gasteiger partial charge in [0.25, 0.3) is 5.91 Å². The van der Waals surface area contributed by atoms with E-state index in [-0.39, 0.29) is 10.8 Å². The summed E-state index contributed by atoms with van der Waals surface area (Å²) in [7, 11) is -3.69. The second kappa shape index (κ2) is 8.62. The van der Waals surface area contributed by atoms with Gasteiger partial charge in [0.05, 0.1) is 4.90 Å². The summed E-state index contributed by atoms with van der Waals surface area (Å²) in [6.07, 6.45) is 0. The molecule has 0 spiro atoms. The molecule has 2 aromatic rings. The van der Waals surface area contributed by atoms with E-state index in [1.165, 1.54) is 12.1 Å². The first-order chi connectivity index (χ1) is 12.4. The molecule has 6 nitrogen and oxygen atoms in total. The van der Waals surface area contributed by atoms with Crippen molar-refractivity contribution in [1.82, 2.24) is 4.90 Å². The fourth-order valence-corrected chi connectivity index (χ4v) is 3.63. The molecule has 0 aliphatic carbocycles. The van der Waals surface area contributed by atoms with E-state index in [2.05, 4.69) is 5.32 Å². The van der Waals surface area contributed by atoms with Crippen LogP contribution in [-0.2, 0) is 14.6 Å². The zero-order valence-corrected chi connectivity index (χ0v) is 15.6. The highest BCUT2D eigenvalue weighted by molar-refractivity contribution is 7.92. The highest BCUT2D eigenvalue weighted by atomic mass is 32.2. The molecule has 0 fully saturated rings. The Bertz CT molecular complexity index is 858. The van der Waals surface area contributed by atoms with Gasteiger partial charge in [-0.3, -0.25) is 9.59 Å². The number of sulfone groups is 1. The number of anilines is 1. The van der Waals surface area contributed by atoms with Gasteiger partial charge in [0.2, 0.25) is 5.91 Å². The molecule has 2 rings (SSSR count). The van der Waals surface area contributed by atoms with Gasteiger partial charge in [0, 0.05) is 24.3 Å². The molecule has 0 aromatic heterocycles. The summed E-state index contributed by atoms with van der Waals surface area (Å²) in [5.74, 6) is -1.35. The Balaban J connectivity index is 2.03.